The van der Waals surface area contributed by atoms with Crippen LogP contribution in [0.3, 0.4) is 0 Å². The number of halogens is 2. The predicted octanol–water partition coefficient (Wildman–Crippen LogP) is 3.01. The molecular weight excluding hydrogens is 264 g/mol. The van der Waals surface area contributed by atoms with E-state index in [2.05, 4.69) is 0 Å². The summed E-state index contributed by atoms with van der Waals surface area (Å²) in [7, 11) is 1.56. The highest BCUT2D eigenvalue weighted by molar-refractivity contribution is 5.37. The molecule has 0 unspecified atom stereocenters. The molecule has 0 fully saturated rings. The van der Waals surface area contributed by atoms with E-state index in [1.807, 2.05) is 6.07 Å². The number of hydrogen-bond donors (Lipinski definition) is 1. The van der Waals surface area contributed by atoms with Crippen LogP contribution in [0.25, 0.3) is 0 Å². The van der Waals surface area contributed by atoms with Crippen LogP contribution in [-0.4, -0.2) is 7.11 Å². The van der Waals surface area contributed by atoms with Crippen LogP contribution in [0.2, 0.25) is 0 Å². The molecule has 0 atom stereocenters. The van der Waals surface area contributed by atoms with Crippen molar-refractivity contribution in [1.82, 2.24) is 0 Å². The van der Waals surface area contributed by atoms with Crippen molar-refractivity contribution in [2.75, 3.05) is 7.11 Å². The maximum atomic E-state index is 13.4. The lowest BCUT2D eigenvalue weighted by molar-refractivity contribution is 0.288. The van der Waals surface area contributed by atoms with Crippen LogP contribution in [0.15, 0.2) is 36.4 Å². The lowest BCUT2D eigenvalue weighted by Gasteiger charge is -2.11. The molecule has 3 nitrogen and oxygen atoms in total. The second kappa shape index (κ2) is 6.34. The highest BCUT2D eigenvalue weighted by Crippen LogP contribution is 2.22. The molecular formula is C15H15F2NO2. The third-order valence-electron chi connectivity index (χ3n) is 2.85. The Balaban J connectivity index is 2.12. The van der Waals surface area contributed by atoms with E-state index in [9.17, 15) is 8.78 Å². The van der Waals surface area contributed by atoms with Gasteiger partial charge in [-0.3, -0.25) is 0 Å². The van der Waals surface area contributed by atoms with Crippen molar-refractivity contribution in [2.45, 2.75) is 13.2 Å². The van der Waals surface area contributed by atoms with Crippen LogP contribution in [0, 0.1) is 11.6 Å². The molecule has 0 heterocycles. The number of benzene rings is 2. The maximum Gasteiger partial charge on any atom is 0.165 e. The number of rotatable bonds is 5. The molecule has 2 aromatic carbocycles. The molecule has 0 saturated heterocycles. The van der Waals surface area contributed by atoms with Gasteiger partial charge in [-0.25, -0.2) is 8.78 Å². The molecule has 0 amide bonds. The molecule has 20 heavy (non-hydrogen) atoms. The van der Waals surface area contributed by atoms with Gasteiger partial charge in [0.15, 0.2) is 11.6 Å². The second-order valence-corrected chi connectivity index (χ2v) is 4.21. The number of methoxy groups -OCH3 is 1. The second-order valence-electron chi connectivity index (χ2n) is 4.21. The van der Waals surface area contributed by atoms with E-state index < -0.39 is 11.6 Å². The van der Waals surface area contributed by atoms with Crippen molar-refractivity contribution in [3.05, 3.63) is 59.2 Å². The van der Waals surface area contributed by atoms with Gasteiger partial charge in [-0.05, 0) is 29.8 Å². The summed E-state index contributed by atoms with van der Waals surface area (Å²) in [4.78, 5) is 0. The Hall–Kier alpha value is -2.14. The Morgan fingerprint density at radius 2 is 1.85 bits per heavy atom. The number of hydrogen-bond acceptors (Lipinski definition) is 3. The van der Waals surface area contributed by atoms with E-state index in [0.717, 1.165) is 29.3 Å². The average molecular weight is 279 g/mol. The first kappa shape index (κ1) is 14.3. The minimum Gasteiger partial charge on any atom is -0.496 e. The smallest absolute Gasteiger partial charge is 0.165 e. The predicted molar refractivity (Wildman–Crippen MR) is 71.6 cm³/mol. The fourth-order valence-electron chi connectivity index (χ4n) is 1.83. The Morgan fingerprint density at radius 1 is 1.05 bits per heavy atom. The summed E-state index contributed by atoms with van der Waals surface area (Å²) in [5, 5.41) is 0. The van der Waals surface area contributed by atoms with Crippen LogP contribution in [0.5, 0.6) is 11.5 Å². The van der Waals surface area contributed by atoms with Gasteiger partial charge in [0, 0.05) is 18.2 Å². The van der Waals surface area contributed by atoms with Gasteiger partial charge in [-0.1, -0.05) is 6.07 Å². The van der Waals surface area contributed by atoms with Gasteiger partial charge in [-0.2, -0.15) is 0 Å². The molecule has 2 aromatic rings. The first-order chi connectivity index (χ1) is 9.63. The van der Waals surface area contributed by atoms with Gasteiger partial charge < -0.3 is 15.2 Å². The van der Waals surface area contributed by atoms with Crippen molar-refractivity contribution in [3.8, 4) is 11.5 Å². The highest BCUT2D eigenvalue weighted by atomic mass is 19.1. The molecule has 106 valence electrons. The molecule has 0 radical (unpaired) electrons. The van der Waals surface area contributed by atoms with Crippen LogP contribution in [0.4, 0.5) is 8.78 Å². The monoisotopic (exact) mass is 279 g/mol. The quantitative estimate of drug-likeness (QED) is 0.915. The summed E-state index contributed by atoms with van der Waals surface area (Å²) < 4.78 is 36.9. The SMILES string of the molecule is COc1ccc(COc2cc(F)ccc2F)cc1CN. The Kier molecular flexibility index (Phi) is 4.53. The first-order valence-electron chi connectivity index (χ1n) is 6.07. The van der Waals surface area contributed by atoms with E-state index in [1.54, 1.807) is 19.2 Å². The summed E-state index contributed by atoms with van der Waals surface area (Å²) in [6.07, 6.45) is 0. The Morgan fingerprint density at radius 3 is 2.55 bits per heavy atom. The van der Waals surface area contributed by atoms with Crippen molar-refractivity contribution in [2.24, 2.45) is 5.73 Å². The van der Waals surface area contributed by atoms with Crippen LogP contribution in [-0.2, 0) is 13.2 Å². The molecule has 0 saturated carbocycles. The van der Waals surface area contributed by atoms with E-state index in [-0.39, 0.29) is 12.4 Å². The summed E-state index contributed by atoms with van der Waals surface area (Å²) >= 11 is 0. The number of ether oxygens (including phenoxy) is 2. The van der Waals surface area contributed by atoms with Gasteiger partial charge in [0.25, 0.3) is 0 Å². The fraction of sp³-hybridized carbons (Fsp3) is 0.200. The zero-order valence-electron chi connectivity index (χ0n) is 11.0. The summed E-state index contributed by atoms with van der Waals surface area (Å²) in [6.45, 7) is 0.447. The number of nitrogens with two attached hydrogens (primary N) is 1. The van der Waals surface area contributed by atoms with Crippen LogP contribution < -0.4 is 15.2 Å². The minimum absolute atomic E-state index is 0.116. The molecule has 0 bridgehead atoms. The largest absolute Gasteiger partial charge is 0.496 e. The molecule has 0 spiro atoms. The third kappa shape index (κ3) is 3.24. The fourth-order valence-corrected chi connectivity index (χ4v) is 1.83. The van der Waals surface area contributed by atoms with Gasteiger partial charge in [0.1, 0.15) is 18.2 Å². The van der Waals surface area contributed by atoms with E-state index in [1.165, 1.54) is 0 Å². The maximum absolute atomic E-state index is 13.4. The Labute approximate surface area is 115 Å². The topological polar surface area (TPSA) is 44.5 Å². The Bertz CT molecular complexity index is 602. The normalized spacial score (nSPS) is 10.4. The molecule has 2 N–H and O–H groups in total. The van der Waals surface area contributed by atoms with Gasteiger partial charge in [-0.15, -0.1) is 0 Å². The summed E-state index contributed by atoms with van der Waals surface area (Å²) in [5.41, 5.74) is 7.24. The standard InChI is InChI=1S/C15H15F2NO2/c1-19-14-5-2-10(6-11(14)8-18)9-20-15-7-12(16)3-4-13(15)17/h2-7H,8-9,18H2,1H3. The lowest BCUT2D eigenvalue weighted by Crippen LogP contribution is -2.03. The van der Waals surface area contributed by atoms with E-state index >= 15 is 0 Å². The van der Waals surface area contributed by atoms with E-state index in [0.29, 0.717) is 12.3 Å². The first-order valence-corrected chi connectivity index (χ1v) is 6.07. The van der Waals surface area contributed by atoms with Gasteiger partial charge >= 0.3 is 0 Å². The van der Waals surface area contributed by atoms with Crippen molar-refractivity contribution < 1.29 is 18.3 Å². The van der Waals surface area contributed by atoms with Crippen molar-refractivity contribution >= 4 is 0 Å². The minimum atomic E-state index is -0.598. The molecule has 0 aliphatic rings. The van der Waals surface area contributed by atoms with Gasteiger partial charge in [0.05, 0.1) is 7.11 Å². The lowest BCUT2D eigenvalue weighted by atomic mass is 10.1. The summed E-state index contributed by atoms with van der Waals surface area (Å²) in [5.74, 6) is -0.568. The zero-order chi connectivity index (χ0) is 14.5. The molecule has 5 heteroatoms. The van der Waals surface area contributed by atoms with E-state index in [4.69, 9.17) is 15.2 Å². The molecule has 0 aliphatic carbocycles. The summed E-state index contributed by atoms with van der Waals surface area (Å²) in [6, 6.07) is 8.46. The van der Waals surface area contributed by atoms with Crippen molar-refractivity contribution in [3.63, 3.8) is 0 Å². The molecule has 0 aromatic heterocycles. The zero-order valence-corrected chi connectivity index (χ0v) is 11.0. The van der Waals surface area contributed by atoms with Crippen molar-refractivity contribution in [1.29, 1.82) is 0 Å². The molecule has 0 aliphatic heterocycles. The molecule has 2 rings (SSSR count). The third-order valence-corrected chi connectivity index (χ3v) is 2.85. The van der Waals surface area contributed by atoms with Crippen LogP contribution >= 0.6 is 0 Å². The highest BCUT2D eigenvalue weighted by Gasteiger charge is 2.07. The van der Waals surface area contributed by atoms with Crippen LogP contribution in [0.1, 0.15) is 11.1 Å². The van der Waals surface area contributed by atoms with Gasteiger partial charge in [0.2, 0.25) is 0 Å². The average Bonchev–Trinajstić information content (AvgIpc) is 2.47.